The lowest BCUT2D eigenvalue weighted by atomic mass is 10.1. The van der Waals surface area contributed by atoms with Crippen LogP contribution in [0.5, 0.6) is 23.0 Å². The van der Waals surface area contributed by atoms with Gasteiger partial charge in [0.15, 0.2) is 11.5 Å². The summed E-state index contributed by atoms with van der Waals surface area (Å²) in [6.07, 6.45) is 0. The summed E-state index contributed by atoms with van der Waals surface area (Å²) in [7, 11) is 5.97. The summed E-state index contributed by atoms with van der Waals surface area (Å²) in [5.74, 6) is 1.41. The van der Waals surface area contributed by atoms with Gasteiger partial charge in [0.1, 0.15) is 5.75 Å². The average Bonchev–Trinajstić information content (AvgIpc) is 2.70. The highest BCUT2D eigenvalue weighted by Gasteiger charge is 2.17. The Kier molecular flexibility index (Phi) is 4.88. The Hall–Kier alpha value is -2.69. The molecule has 0 N–H and O–H groups in total. The normalized spacial score (nSPS) is 10.0. The minimum Gasteiger partial charge on any atom is -0.497 e. The molecule has 0 radical (unpaired) electrons. The molecule has 0 aliphatic carbocycles. The largest absolute Gasteiger partial charge is 0.497 e. The van der Waals surface area contributed by atoms with Crippen LogP contribution in [0.15, 0.2) is 41.2 Å². The standard InChI is InChI=1S/C17H18O5/c1-19-12-7-5-11(6-8-12)13-9-10-14(20-2)15(18)17(22-4)16(13)21-3/h5-10H,1-4H3. The van der Waals surface area contributed by atoms with Gasteiger partial charge in [-0.25, -0.2) is 0 Å². The Balaban J connectivity index is 2.74. The van der Waals surface area contributed by atoms with Gasteiger partial charge in [0, 0.05) is 5.56 Å². The molecule has 0 fully saturated rings. The third-order valence-electron chi connectivity index (χ3n) is 3.31. The molecule has 2 aromatic carbocycles. The van der Waals surface area contributed by atoms with Gasteiger partial charge in [0.05, 0.1) is 28.4 Å². The smallest absolute Gasteiger partial charge is 0.265 e. The highest BCUT2D eigenvalue weighted by atomic mass is 16.5. The van der Waals surface area contributed by atoms with Gasteiger partial charge in [-0.05, 0) is 29.8 Å². The first-order chi connectivity index (χ1) is 10.7. The van der Waals surface area contributed by atoms with Gasteiger partial charge in [-0.3, -0.25) is 4.79 Å². The van der Waals surface area contributed by atoms with Crippen molar-refractivity contribution in [2.45, 2.75) is 0 Å². The molecule has 0 saturated carbocycles. The zero-order valence-electron chi connectivity index (χ0n) is 13.0. The van der Waals surface area contributed by atoms with E-state index < -0.39 is 0 Å². The summed E-state index contributed by atoms with van der Waals surface area (Å²) >= 11 is 0. The van der Waals surface area contributed by atoms with E-state index >= 15 is 0 Å². The maximum Gasteiger partial charge on any atom is 0.265 e. The van der Waals surface area contributed by atoms with Crippen LogP contribution in [-0.2, 0) is 0 Å². The molecule has 0 spiro atoms. The maximum atomic E-state index is 12.3. The SMILES string of the molecule is COc1ccc(-c2ccc(OC)c(=O)c(OC)c2OC)cc1. The first kappa shape index (κ1) is 15.7. The molecule has 5 heteroatoms. The van der Waals surface area contributed by atoms with Gasteiger partial charge in [-0.2, -0.15) is 0 Å². The summed E-state index contributed by atoms with van der Waals surface area (Å²) in [5.41, 5.74) is 1.23. The molecule has 5 nitrogen and oxygen atoms in total. The molecule has 116 valence electrons. The lowest BCUT2D eigenvalue weighted by Crippen LogP contribution is -2.07. The number of hydrogen-bond donors (Lipinski definition) is 0. The van der Waals surface area contributed by atoms with Crippen LogP contribution in [0, 0.1) is 0 Å². The van der Waals surface area contributed by atoms with Crippen molar-refractivity contribution < 1.29 is 18.9 Å². The molecule has 2 aromatic rings. The maximum absolute atomic E-state index is 12.3. The molecular weight excluding hydrogens is 284 g/mol. The molecule has 0 aromatic heterocycles. The Labute approximate surface area is 129 Å². The topological polar surface area (TPSA) is 54.0 Å². The lowest BCUT2D eigenvalue weighted by molar-refractivity contribution is 0.350. The highest BCUT2D eigenvalue weighted by Crippen LogP contribution is 2.36. The van der Waals surface area contributed by atoms with E-state index in [0.717, 1.165) is 16.9 Å². The van der Waals surface area contributed by atoms with Crippen LogP contribution in [-0.4, -0.2) is 28.4 Å². The van der Waals surface area contributed by atoms with E-state index in [0.29, 0.717) is 5.75 Å². The van der Waals surface area contributed by atoms with E-state index in [1.165, 1.54) is 21.3 Å². The summed E-state index contributed by atoms with van der Waals surface area (Å²) in [6.45, 7) is 0. The van der Waals surface area contributed by atoms with Crippen molar-refractivity contribution in [2.24, 2.45) is 0 Å². The molecule has 0 aliphatic rings. The number of hydrogen-bond acceptors (Lipinski definition) is 5. The fourth-order valence-electron chi connectivity index (χ4n) is 2.19. The number of rotatable bonds is 5. The van der Waals surface area contributed by atoms with Crippen LogP contribution in [0.25, 0.3) is 11.1 Å². The van der Waals surface area contributed by atoms with E-state index in [2.05, 4.69) is 0 Å². The molecule has 0 heterocycles. The van der Waals surface area contributed by atoms with Gasteiger partial charge in [-0.15, -0.1) is 0 Å². The van der Waals surface area contributed by atoms with Crippen LogP contribution in [0.2, 0.25) is 0 Å². The molecule has 0 atom stereocenters. The van der Waals surface area contributed by atoms with E-state index in [4.69, 9.17) is 18.9 Å². The second-order valence-corrected chi connectivity index (χ2v) is 4.44. The van der Waals surface area contributed by atoms with Crippen molar-refractivity contribution >= 4 is 0 Å². The highest BCUT2D eigenvalue weighted by molar-refractivity contribution is 5.74. The summed E-state index contributed by atoms with van der Waals surface area (Å²) < 4.78 is 20.9. The molecule has 0 bridgehead atoms. The number of benzene rings is 1. The van der Waals surface area contributed by atoms with Gasteiger partial charge in [-0.1, -0.05) is 12.1 Å². The zero-order valence-corrected chi connectivity index (χ0v) is 13.0. The molecule has 2 rings (SSSR count). The van der Waals surface area contributed by atoms with Crippen molar-refractivity contribution in [1.29, 1.82) is 0 Å². The van der Waals surface area contributed by atoms with Crippen LogP contribution in [0.3, 0.4) is 0 Å². The minimum atomic E-state index is -0.360. The Morgan fingerprint density at radius 3 is 1.82 bits per heavy atom. The number of methoxy groups -OCH3 is 4. The van der Waals surface area contributed by atoms with Crippen LogP contribution in [0.1, 0.15) is 0 Å². The van der Waals surface area contributed by atoms with Crippen LogP contribution >= 0.6 is 0 Å². The van der Waals surface area contributed by atoms with Gasteiger partial charge in [0.25, 0.3) is 5.43 Å². The molecule has 0 amide bonds. The third-order valence-corrected chi connectivity index (χ3v) is 3.31. The molecular formula is C17H18O5. The predicted octanol–water partition coefficient (Wildman–Crippen LogP) is 2.75. The Bertz CT molecular complexity index is 707. The van der Waals surface area contributed by atoms with Crippen molar-refractivity contribution in [3.63, 3.8) is 0 Å². The van der Waals surface area contributed by atoms with E-state index in [1.54, 1.807) is 19.2 Å². The second kappa shape index (κ2) is 6.85. The van der Waals surface area contributed by atoms with Crippen molar-refractivity contribution in [1.82, 2.24) is 0 Å². The average molecular weight is 302 g/mol. The lowest BCUT2D eigenvalue weighted by Gasteiger charge is -2.09. The molecule has 0 aliphatic heterocycles. The number of ether oxygens (including phenoxy) is 4. The van der Waals surface area contributed by atoms with Gasteiger partial charge < -0.3 is 18.9 Å². The first-order valence-corrected chi connectivity index (χ1v) is 6.64. The van der Waals surface area contributed by atoms with Gasteiger partial charge in [0.2, 0.25) is 5.75 Å². The first-order valence-electron chi connectivity index (χ1n) is 6.64. The second-order valence-electron chi connectivity index (χ2n) is 4.44. The fourth-order valence-corrected chi connectivity index (χ4v) is 2.19. The summed E-state index contributed by atoms with van der Waals surface area (Å²) in [6, 6.07) is 10.8. The van der Waals surface area contributed by atoms with Gasteiger partial charge >= 0.3 is 0 Å². The molecule has 0 saturated heterocycles. The van der Waals surface area contributed by atoms with E-state index in [1.807, 2.05) is 24.3 Å². The Morgan fingerprint density at radius 2 is 1.32 bits per heavy atom. The third kappa shape index (κ3) is 2.83. The van der Waals surface area contributed by atoms with Crippen LogP contribution in [0.4, 0.5) is 0 Å². The minimum absolute atomic E-state index is 0.107. The van der Waals surface area contributed by atoms with E-state index in [9.17, 15) is 4.79 Å². The Morgan fingerprint density at radius 1 is 0.682 bits per heavy atom. The molecule has 22 heavy (non-hydrogen) atoms. The predicted molar refractivity (Wildman–Crippen MR) is 84.4 cm³/mol. The van der Waals surface area contributed by atoms with Crippen molar-refractivity contribution in [3.8, 4) is 34.1 Å². The monoisotopic (exact) mass is 302 g/mol. The fraction of sp³-hybridized carbons (Fsp3) is 0.235. The van der Waals surface area contributed by atoms with Crippen molar-refractivity contribution in [2.75, 3.05) is 28.4 Å². The van der Waals surface area contributed by atoms with Crippen LogP contribution < -0.4 is 24.4 Å². The zero-order chi connectivity index (χ0) is 16.1. The summed E-state index contributed by atoms with van der Waals surface area (Å²) in [4.78, 5) is 12.3. The van der Waals surface area contributed by atoms with Crippen molar-refractivity contribution in [3.05, 3.63) is 46.6 Å². The summed E-state index contributed by atoms with van der Waals surface area (Å²) in [5, 5.41) is 0. The van der Waals surface area contributed by atoms with E-state index in [-0.39, 0.29) is 16.9 Å². The quantitative estimate of drug-likeness (QED) is 0.850. The molecule has 0 unspecified atom stereocenters.